The molecule has 1 aliphatic carbocycles. The third-order valence-corrected chi connectivity index (χ3v) is 4.92. The van der Waals surface area contributed by atoms with Gasteiger partial charge in [-0.25, -0.2) is 0 Å². The van der Waals surface area contributed by atoms with E-state index in [2.05, 4.69) is 10.8 Å². The van der Waals surface area contributed by atoms with Crippen molar-refractivity contribution in [3.63, 3.8) is 0 Å². The van der Waals surface area contributed by atoms with Crippen molar-refractivity contribution < 1.29 is 19.1 Å². The molecule has 0 radical (unpaired) electrons. The fourth-order valence-electron chi connectivity index (χ4n) is 3.25. The Labute approximate surface area is 161 Å². The van der Waals surface area contributed by atoms with Gasteiger partial charge in [-0.05, 0) is 32.1 Å². The molecule has 1 aromatic carbocycles. The molecule has 1 aromatic rings. The Balaban J connectivity index is 1.89. The summed E-state index contributed by atoms with van der Waals surface area (Å²) in [5, 5.41) is 0. The van der Waals surface area contributed by atoms with E-state index in [9.17, 15) is 14.4 Å². The van der Waals surface area contributed by atoms with Gasteiger partial charge in [0.1, 0.15) is 0 Å². The van der Waals surface area contributed by atoms with Crippen LogP contribution < -0.4 is 0 Å². The molecule has 0 spiro atoms. The summed E-state index contributed by atoms with van der Waals surface area (Å²) in [6.45, 7) is 0.916. The van der Waals surface area contributed by atoms with E-state index in [0.717, 1.165) is 19.3 Å². The first-order valence-corrected chi connectivity index (χ1v) is 9.71. The number of carbonyl (C=O) groups excluding carboxylic acids is 3. The van der Waals surface area contributed by atoms with Gasteiger partial charge in [0, 0.05) is 31.5 Å². The molecule has 1 amide bonds. The van der Waals surface area contributed by atoms with Gasteiger partial charge in [0.2, 0.25) is 5.91 Å². The second kappa shape index (κ2) is 11.3. The van der Waals surface area contributed by atoms with Gasteiger partial charge < -0.3 is 9.64 Å². The minimum Gasteiger partial charge on any atom is -0.469 e. The van der Waals surface area contributed by atoms with Crippen LogP contribution in [0.4, 0.5) is 0 Å². The number of nitrogens with zero attached hydrogens (tertiary/aromatic N) is 1. The fourth-order valence-corrected chi connectivity index (χ4v) is 3.25. The number of hydrogen-bond donors (Lipinski definition) is 0. The molecule has 0 saturated carbocycles. The first-order chi connectivity index (χ1) is 13.1. The highest BCUT2D eigenvalue weighted by Gasteiger charge is 2.18. The average Bonchev–Trinajstić information content (AvgIpc) is 2.72. The minimum absolute atomic E-state index is 0.0353. The number of esters is 1. The fraction of sp³-hybridized carbons (Fsp3) is 0.500. The maximum atomic E-state index is 12.7. The third-order valence-electron chi connectivity index (χ3n) is 4.92. The SMILES string of the molecule is COC(=O)CCN(CCC1=CCCCC1)C(=O)CCC(=O)c1ccccc1. The Morgan fingerprint density at radius 3 is 2.44 bits per heavy atom. The third kappa shape index (κ3) is 7.37. The van der Waals surface area contributed by atoms with Gasteiger partial charge in [-0.15, -0.1) is 0 Å². The number of Topliss-reactive ketones (excluding diaryl/α,β-unsaturated/α-hetero) is 1. The number of allylic oxidation sites excluding steroid dienone is 1. The van der Waals surface area contributed by atoms with Crippen LogP contribution in [0.5, 0.6) is 0 Å². The number of rotatable bonds is 10. The van der Waals surface area contributed by atoms with E-state index in [0.29, 0.717) is 18.7 Å². The molecule has 27 heavy (non-hydrogen) atoms. The lowest BCUT2D eigenvalue weighted by Crippen LogP contribution is -2.34. The number of ether oxygens (including phenoxy) is 1. The van der Waals surface area contributed by atoms with Crippen molar-refractivity contribution >= 4 is 17.7 Å². The van der Waals surface area contributed by atoms with Crippen molar-refractivity contribution in [2.75, 3.05) is 20.2 Å². The lowest BCUT2D eigenvalue weighted by molar-refractivity contribution is -0.141. The monoisotopic (exact) mass is 371 g/mol. The molecule has 0 fully saturated rings. The summed E-state index contributed by atoms with van der Waals surface area (Å²) in [7, 11) is 1.35. The Kier molecular flexibility index (Phi) is 8.75. The molecule has 5 nitrogen and oxygen atoms in total. The number of ketones is 1. The van der Waals surface area contributed by atoms with Gasteiger partial charge in [0.15, 0.2) is 5.78 Å². The molecule has 0 heterocycles. The molecule has 146 valence electrons. The van der Waals surface area contributed by atoms with Crippen molar-refractivity contribution in [3.8, 4) is 0 Å². The quantitative estimate of drug-likeness (QED) is 0.355. The van der Waals surface area contributed by atoms with E-state index >= 15 is 0 Å². The minimum atomic E-state index is -0.329. The Morgan fingerprint density at radius 1 is 1.00 bits per heavy atom. The Bertz CT molecular complexity index is 666. The van der Waals surface area contributed by atoms with Crippen LogP contribution in [0, 0.1) is 0 Å². The highest BCUT2D eigenvalue weighted by molar-refractivity contribution is 5.97. The molecule has 5 heteroatoms. The largest absolute Gasteiger partial charge is 0.469 e. The summed E-state index contributed by atoms with van der Waals surface area (Å²) in [5.41, 5.74) is 2.01. The maximum absolute atomic E-state index is 12.7. The lowest BCUT2D eigenvalue weighted by Gasteiger charge is -2.24. The highest BCUT2D eigenvalue weighted by atomic mass is 16.5. The molecule has 0 aromatic heterocycles. The van der Waals surface area contributed by atoms with Crippen molar-refractivity contribution in [2.45, 2.75) is 51.4 Å². The molecule has 0 atom stereocenters. The molecule has 0 saturated heterocycles. The average molecular weight is 371 g/mol. The summed E-state index contributed by atoms with van der Waals surface area (Å²) in [4.78, 5) is 38.1. The summed E-state index contributed by atoms with van der Waals surface area (Å²) < 4.78 is 4.69. The number of carbonyl (C=O) groups is 3. The van der Waals surface area contributed by atoms with Crippen molar-refractivity contribution in [2.24, 2.45) is 0 Å². The van der Waals surface area contributed by atoms with Crippen LogP contribution in [0.25, 0.3) is 0 Å². The topological polar surface area (TPSA) is 63.7 Å². The number of amides is 1. The van der Waals surface area contributed by atoms with Gasteiger partial charge in [0.25, 0.3) is 0 Å². The Morgan fingerprint density at radius 2 is 1.78 bits per heavy atom. The van der Waals surface area contributed by atoms with Crippen molar-refractivity contribution in [1.29, 1.82) is 0 Å². The van der Waals surface area contributed by atoms with E-state index in [4.69, 9.17) is 0 Å². The van der Waals surface area contributed by atoms with Crippen LogP contribution in [-0.4, -0.2) is 42.8 Å². The van der Waals surface area contributed by atoms with Gasteiger partial charge in [-0.1, -0.05) is 42.0 Å². The molecule has 1 aliphatic rings. The van der Waals surface area contributed by atoms with Crippen LogP contribution in [0.1, 0.15) is 61.7 Å². The summed E-state index contributed by atoms with van der Waals surface area (Å²) >= 11 is 0. The van der Waals surface area contributed by atoms with Crippen molar-refractivity contribution in [1.82, 2.24) is 4.90 Å². The summed E-state index contributed by atoms with van der Waals surface area (Å²) in [6, 6.07) is 9.01. The number of benzene rings is 1. The van der Waals surface area contributed by atoms with Gasteiger partial charge in [-0.2, -0.15) is 0 Å². The normalized spacial score (nSPS) is 13.6. The van der Waals surface area contributed by atoms with Crippen LogP contribution in [-0.2, 0) is 14.3 Å². The molecule has 0 unspecified atom stereocenters. The zero-order chi connectivity index (χ0) is 19.5. The zero-order valence-electron chi connectivity index (χ0n) is 16.1. The molecule has 0 aliphatic heterocycles. The number of hydrogen-bond acceptors (Lipinski definition) is 4. The zero-order valence-corrected chi connectivity index (χ0v) is 16.1. The first-order valence-electron chi connectivity index (χ1n) is 9.71. The standard InChI is InChI=1S/C22H29NO4/c1-27-22(26)15-17-23(16-14-18-8-4-2-5-9-18)21(25)13-12-20(24)19-10-6-3-7-11-19/h3,6-8,10-11H,2,4-5,9,12-17H2,1H3. The molecule has 0 bridgehead atoms. The second-order valence-corrected chi connectivity index (χ2v) is 6.85. The van der Waals surface area contributed by atoms with Crippen LogP contribution in [0.15, 0.2) is 42.0 Å². The van der Waals surface area contributed by atoms with E-state index in [-0.39, 0.29) is 36.9 Å². The van der Waals surface area contributed by atoms with E-state index in [1.165, 1.54) is 25.5 Å². The van der Waals surface area contributed by atoms with Gasteiger partial charge >= 0.3 is 5.97 Å². The van der Waals surface area contributed by atoms with Crippen LogP contribution >= 0.6 is 0 Å². The van der Waals surface area contributed by atoms with E-state index in [1.807, 2.05) is 18.2 Å². The molecular formula is C22H29NO4. The predicted molar refractivity (Wildman–Crippen MR) is 104 cm³/mol. The lowest BCUT2D eigenvalue weighted by atomic mass is 9.97. The smallest absolute Gasteiger partial charge is 0.307 e. The van der Waals surface area contributed by atoms with Crippen molar-refractivity contribution in [3.05, 3.63) is 47.5 Å². The van der Waals surface area contributed by atoms with E-state index < -0.39 is 0 Å². The molecule has 0 N–H and O–H groups in total. The van der Waals surface area contributed by atoms with Crippen LogP contribution in [0.2, 0.25) is 0 Å². The maximum Gasteiger partial charge on any atom is 0.307 e. The second-order valence-electron chi connectivity index (χ2n) is 6.85. The van der Waals surface area contributed by atoms with Crippen LogP contribution in [0.3, 0.4) is 0 Å². The van der Waals surface area contributed by atoms with E-state index in [1.54, 1.807) is 17.0 Å². The van der Waals surface area contributed by atoms with Gasteiger partial charge in [-0.3, -0.25) is 14.4 Å². The Hall–Kier alpha value is -2.43. The molecular weight excluding hydrogens is 342 g/mol. The highest BCUT2D eigenvalue weighted by Crippen LogP contribution is 2.20. The summed E-state index contributed by atoms with van der Waals surface area (Å²) in [6.07, 6.45) is 8.25. The summed E-state index contributed by atoms with van der Waals surface area (Å²) in [5.74, 6) is -0.448. The number of methoxy groups -OCH3 is 1. The first kappa shape index (κ1) is 20.9. The predicted octanol–water partition coefficient (Wildman–Crippen LogP) is 3.93. The molecule has 2 rings (SSSR count). The van der Waals surface area contributed by atoms with Gasteiger partial charge in [0.05, 0.1) is 13.5 Å².